The van der Waals surface area contributed by atoms with Gasteiger partial charge in [-0.15, -0.1) is 0 Å². The third-order valence-electron chi connectivity index (χ3n) is 1.33. The van der Waals surface area contributed by atoms with Crippen LogP contribution in [0, 0.1) is 11.3 Å². The first-order chi connectivity index (χ1) is 6.22. The Morgan fingerprint density at radius 2 is 2.38 bits per heavy atom. The van der Waals surface area contributed by atoms with Gasteiger partial charge in [-0.05, 0) is 12.1 Å². The summed E-state index contributed by atoms with van der Waals surface area (Å²) in [6, 6.07) is 4.77. The molecule has 0 saturated carbocycles. The van der Waals surface area contributed by atoms with Gasteiger partial charge in [-0.1, -0.05) is 0 Å². The summed E-state index contributed by atoms with van der Waals surface area (Å²) >= 11 is 0. The second-order valence-corrected chi connectivity index (χ2v) is 2.31. The van der Waals surface area contributed by atoms with E-state index in [0.717, 1.165) is 0 Å². The van der Waals surface area contributed by atoms with Gasteiger partial charge >= 0.3 is 0 Å². The minimum Gasteiger partial charge on any atom is -0.379 e. The maximum Gasteiger partial charge on any atom is 0.255 e. The van der Waals surface area contributed by atoms with E-state index in [1.54, 1.807) is 0 Å². The maximum absolute atomic E-state index is 11.8. The van der Waals surface area contributed by atoms with Crippen molar-refractivity contribution in [3.05, 3.63) is 24.0 Å². The maximum atomic E-state index is 11.8. The highest BCUT2D eigenvalue weighted by Gasteiger charge is 2.01. The molecule has 0 unspecified atom stereocenters. The zero-order chi connectivity index (χ0) is 9.68. The summed E-state index contributed by atoms with van der Waals surface area (Å²) in [5.41, 5.74) is 0.686. The number of hydrogen-bond acceptors (Lipinski definition) is 3. The molecule has 0 atom stereocenters. The molecule has 0 aromatic carbocycles. The van der Waals surface area contributed by atoms with Crippen LogP contribution in [0.15, 0.2) is 18.3 Å². The van der Waals surface area contributed by atoms with Crippen LogP contribution in [0.3, 0.4) is 0 Å². The molecule has 0 fully saturated rings. The van der Waals surface area contributed by atoms with Crippen molar-refractivity contribution in [1.82, 2.24) is 4.98 Å². The van der Waals surface area contributed by atoms with Gasteiger partial charge in [0, 0.05) is 11.9 Å². The first-order valence-electron chi connectivity index (χ1n) is 3.60. The molecule has 0 aliphatic heterocycles. The normalized spacial score (nSPS) is 9.69. The number of rotatable bonds is 3. The Hall–Kier alpha value is -1.70. The van der Waals surface area contributed by atoms with Crippen LogP contribution in [0.5, 0.6) is 0 Å². The lowest BCUT2D eigenvalue weighted by Gasteiger charge is -2.04. The van der Waals surface area contributed by atoms with Crippen molar-refractivity contribution in [3.8, 4) is 6.07 Å². The van der Waals surface area contributed by atoms with E-state index in [0.29, 0.717) is 5.69 Å². The van der Waals surface area contributed by atoms with Crippen molar-refractivity contribution in [2.24, 2.45) is 0 Å². The van der Waals surface area contributed by atoms with Gasteiger partial charge in [-0.2, -0.15) is 5.26 Å². The van der Waals surface area contributed by atoms with Gasteiger partial charge in [0.1, 0.15) is 11.8 Å². The van der Waals surface area contributed by atoms with Crippen LogP contribution in [-0.4, -0.2) is 18.0 Å². The molecule has 0 spiro atoms. The monoisotopic (exact) mass is 183 g/mol. The number of nitriles is 1. The third kappa shape index (κ3) is 3.03. The van der Waals surface area contributed by atoms with Crippen LogP contribution < -0.4 is 5.32 Å². The Morgan fingerprint density at radius 1 is 1.62 bits per heavy atom. The average molecular weight is 183 g/mol. The van der Waals surface area contributed by atoms with E-state index >= 15 is 0 Å². The SMILES string of the molecule is N#Cc1cc(NCC(F)F)ccn1. The summed E-state index contributed by atoms with van der Waals surface area (Å²) in [5.74, 6) is 0. The standard InChI is InChI=1S/C8H7F2N3/c9-8(10)5-13-6-1-2-12-7(3-6)4-11/h1-3,8H,5H2,(H,12,13). The predicted octanol–water partition coefficient (Wildman–Crippen LogP) is 1.63. The van der Waals surface area contributed by atoms with Crippen molar-refractivity contribution in [1.29, 1.82) is 5.26 Å². The molecule has 0 saturated heterocycles. The van der Waals surface area contributed by atoms with Crippen molar-refractivity contribution in [3.63, 3.8) is 0 Å². The first-order valence-corrected chi connectivity index (χ1v) is 3.60. The van der Waals surface area contributed by atoms with Gasteiger partial charge in [0.2, 0.25) is 0 Å². The van der Waals surface area contributed by atoms with Crippen LogP contribution in [-0.2, 0) is 0 Å². The molecular formula is C8H7F2N3. The van der Waals surface area contributed by atoms with Gasteiger partial charge in [0.25, 0.3) is 6.43 Å². The zero-order valence-electron chi connectivity index (χ0n) is 6.67. The molecule has 0 amide bonds. The second-order valence-electron chi connectivity index (χ2n) is 2.31. The number of hydrogen-bond donors (Lipinski definition) is 1. The Balaban J connectivity index is 2.63. The average Bonchev–Trinajstić information content (AvgIpc) is 2.15. The third-order valence-corrected chi connectivity index (χ3v) is 1.33. The number of nitrogens with zero attached hydrogens (tertiary/aromatic N) is 2. The fraction of sp³-hybridized carbons (Fsp3) is 0.250. The molecule has 1 N–H and O–H groups in total. The van der Waals surface area contributed by atoms with Gasteiger partial charge in [0.05, 0.1) is 6.54 Å². The van der Waals surface area contributed by atoms with E-state index in [-0.39, 0.29) is 5.69 Å². The summed E-state index contributed by atoms with van der Waals surface area (Å²) in [5, 5.41) is 10.9. The topological polar surface area (TPSA) is 48.7 Å². The molecule has 3 nitrogen and oxygen atoms in total. The van der Waals surface area contributed by atoms with Crippen molar-refractivity contribution < 1.29 is 8.78 Å². The van der Waals surface area contributed by atoms with Crippen molar-refractivity contribution in [2.75, 3.05) is 11.9 Å². The summed E-state index contributed by atoms with van der Waals surface area (Å²) < 4.78 is 23.5. The van der Waals surface area contributed by atoms with E-state index < -0.39 is 13.0 Å². The van der Waals surface area contributed by atoms with Crippen LogP contribution >= 0.6 is 0 Å². The molecule has 5 heteroatoms. The van der Waals surface area contributed by atoms with Crippen LogP contribution in [0.4, 0.5) is 14.5 Å². The number of aromatic nitrogens is 1. The lowest BCUT2D eigenvalue weighted by atomic mass is 10.3. The van der Waals surface area contributed by atoms with Gasteiger partial charge in [0.15, 0.2) is 0 Å². The molecule has 0 radical (unpaired) electrons. The van der Waals surface area contributed by atoms with Crippen molar-refractivity contribution in [2.45, 2.75) is 6.43 Å². The number of halogens is 2. The zero-order valence-corrected chi connectivity index (χ0v) is 6.67. The first kappa shape index (κ1) is 9.39. The lowest BCUT2D eigenvalue weighted by molar-refractivity contribution is 0.163. The molecule has 1 rings (SSSR count). The molecule has 0 aliphatic rings. The highest BCUT2D eigenvalue weighted by atomic mass is 19.3. The highest BCUT2D eigenvalue weighted by molar-refractivity contribution is 5.45. The van der Waals surface area contributed by atoms with E-state index in [1.165, 1.54) is 18.3 Å². The van der Waals surface area contributed by atoms with Crippen LogP contribution in [0.2, 0.25) is 0 Å². The lowest BCUT2D eigenvalue weighted by Crippen LogP contribution is -2.10. The number of alkyl halides is 2. The van der Waals surface area contributed by atoms with Gasteiger partial charge in [-0.3, -0.25) is 0 Å². The Morgan fingerprint density at radius 3 is 3.00 bits per heavy atom. The summed E-state index contributed by atoms with van der Waals surface area (Å²) in [7, 11) is 0. The summed E-state index contributed by atoms with van der Waals surface area (Å²) in [4.78, 5) is 3.70. The van der Waals surface area contributed by atoms with Gasteiger partial charge < -0.3 is 5.32 Å². The van der Waals surface area contributed by atoms with E-state index in [4.69, 9.17) is 5.26 Å². The van der Waals surface area contributed by atoms with Crippen LogP contribution in [0.1, 0.15) is 5.69 Å². The predicted molar refractivity (Wildman–Crippen MR) is 43.4 cm³/mol. The van der Waals surface area contributed by atoms with Crippen LogP contribution in [0.25, 0.3) is 0 Å². The van der Waals surface area contributed by atoms with Gasteiger partial charge in [-0.25, -0.2) is 13.8 Å². The molecule has 0 bridgehead atoms. The highest BCUT2D eigenvalue weighted by Crippen LogP contribution is 2.07. The fourth-order valence-corrected chi connectivity index (χ4v) is 0.797. The van der Waals surface area contributed by atoms with E-state index in [2.05, 4.69) is 10.3 Å². The molecule has 1 heterocycles. The van der Waals surface area contributed by atoms with Crippen molar-refractivity contribution >= 4 is 5.69 Å². The minimum atomic E-state index is -2.40. The second kappa shape index (κ2) is 4.36. The smallest absolute Gasteiger partial charge is 0.255 e. The summed E-state index contributed by atoms with van der Waals surface area (Å²) in [6.07, 6.45) is -1.01. The molecule has 1 aromatic rings. The Kier molecular flexibility index (Phi) is 3.15. The number of pyridine rings is 1. The largest absolute Gasteiger partial charge is 0.379 e. The molecular weight excluding hydrogens is 176 g/mol. The number of anilines is 1. The minimum absolute atomic E-state index is 0.208. The molecule has 13 heavy (non-hydrogen) atoms. The quantitative estimate of drug-likeness (QED) is 0.774. The summed E-state index contributed by atoms with van der Waals surface area (Å²) in [6.45, 7) is -0.422. The molecule has 1 aromatic heterocycles. The number of nitrogens with one attached hydrogen (secondary N) is 1. The fourth-order valence-electron chi connectivity index (χ4n) is 0.797. The Bertz CT molecular complexity index is 319. The molecule has 68 valence electrons. The van der Waals surface area contributed by atoms with E-state index in [1.807, 2.05) is 6.07 Å². The Labute approximate surface area is 74.0 Å². The molecule has 0 aliphatic carbocycles. The van der Waals surface area contributed by atoms with E-state index in [9.17, 15) is 8.78 Å².